The van der Waals surface area contributed by atoms with E-state index >= 15 is 0 Å². The summed E-state index contributed by atoms with van der Waals surface area (Å²) in [5.41, 5.74) is 9.95. The highest BCUT2D eigenvalue weighted by Crippen LogP contribution is 2.43. The number of methoxy groups -OCH3 is 1. The second kappa shape index (κ2) is 6.04. The van der Waals surface area contributed by atoms with Crippen molar-refractivity contribution in [2.45, 2.75) is 0 Å². The first-order valence-corrected chi connectivity index (χ1v) is 8.07. The zero-order valence-corrected chi connectivity index (χ0v) is 14.1. The lowest BCUT2D eigenvalue weighted by molar-refractivity contribution is 0.0601. The number of nitrogens with one attached hydrogen (secondary N) is 1. The normalized spacial score (nSPS) is 11.0. The number of nitrogens with two attached hydrogens (primary N) is 1. The smallest absolute Gasteiger partial charge is 0.338 e. The van der Waals surface area contributed by atoms with Gasteiger partial charge in [0.2, 0.25) is 0 Å². The van der Waals surface area contributed by atoms with Crippen molar-refractivity contribution in [2.24, 2.45) is 0 Å². The van der Waals surface area contributed by atoms with Crippen LogP contribution in [0.2, 0.25) is 0 Å². The van der Waals surface area contributed by atoms with E-state index in [4.69, 9.17) is 20.3 Å². The van der Waals surface area contributed by atoms with Gasteiger partial charge in [-0.25, -0.2) is 4.79 Å². The van der Waals surface area contributed by atoms with Crippen LogP contribution in [-0.2, 0) is 4.74 Å². The van der Waals surface area contributed by atoms with E-state index in [0.717, 1.165) is 10.9 Å². The second-order valence-electron chi connectivity index (χ2n) is 5.95. The average Bonchev–Trinajstić information content (AvgIpc) is 2.65. The molecule has 128 valence electrons. The van der Waals surface area contributed by atoms with Crippen molar-refractivity contribution < 1.29 is 13.9 Å². The van der Waals surface area contributed by atoms with Crippen LogP contribution in [0.4, 0.5) is 5.69 Å². The molecule has 0 aromatic heterocycles. The highest BCUT2D eigenvalue weighted by molar-refractivity contribution is 6.09. The van der Waals surface area contributed by atoms with E-state index in [1.807, 2.05) is 36.4 Å². The number of hydrogen-bond acceptors (Lipinski definition) is 5. The molecule has 1 aliphatic carbocycles. The van der Waals surface area contributed by atoms with Gasteiger partial charge in [0.1, 0.15) is 11.3 Å². The number of hydrogen-bond donors (Lipinski definition) is 2. The Morgan fingerprint density at radius 2 is 1.77 bits per heavy atom. The third-order valence-corrected chi connectivity index (χ3v) is 4.36. The van der Waals surface area contributed by atoms with Crippen LogP contribution >= 0.6 is 0 Å². The third-order valence-electron chi connectivity index (χ3n) is 4.36. The van der Waals surface area contributed by atoms with Crippen LogP contribution < -0.4 is 11.1 Å². The number of carbonyl (C=O) groups excluding carboxylic acids is 1. The number of rotatable bonds is 2. The Morgan fingerprint density at radius 3 is 2.58 bits per heavy atom. The van der Waals surface area contributed by atoms with Crippen LogP contribution in [0.1, 0.15) is 10.4 Å². The van der Waals surface area contributed by atoms with Gasteiger partial charge in [-0.1, -0.05) is 36.4 Å². The molecule has 0 radical (unpaired) electrons. The number of esters is 1. The number of carbonyl (C=O) groups is 1. The number of nitrogen functional groups attached to an aromatic ring is 1. The first-order valence-electron chi connectivity index (χ1n) is 8.07. The first-order chi connectivity index (χ1) is 12.6. The highest BCUT2D eigenvalue weighted by atomic mass is 16.5. The molecule has 4 rings (SSSR count). The van der Waals surface area contributed by atoms with Crippen LogP contribution in [0.3, 0.4) is 0 Å². The molecule has 0 amide bonds. The fourth-order valence-corrected chi connectivity index (χ4v) is 3.27. The largest absolute Gasteiger partial charge is 0.465 e. The molecule has 0 unspecified atom stereocenters. The quantitative estimate of drug-likeness (QED) is 0.326. The number of benzene rings is 3. The number of para-hydroxylation sites is 1. The van der Waals surface area contributed by atoms with Gasteiger partial charge < -0.3 is 20.3 Å². The predicted molar refractivity (Wildman–Crippen MR) is 99.9 cm³/mol. The summed E-state index contributed by atoms with van der Waals surface area (Å²) < 4.78 is 10.9. The Morgan fingerprint density at radius 1 is 1.04 bits per heavy atom. The monoisotopic (exact) mass is 344 g/mol. The molecule has 5 heteroatoms. The lowest BCUT2D eigenvalue weighted by Crippen LogP contribution is -2.07. The van der Waals surface area contributed by atoms with Gasteiger partial charge in [-0.15, -0.1) is 0 Å². The van der Waals surface area contributed by atoms with E-state index in [0.29, 0.717) is 33.7 Å². The lowest BCUT2D eigenvalue weighted by atomic mass is 9.90. The molecule has 0 spiro atoms. The van der Waals surface area contributed by atoms with E-state index in [1.54, 1.807) is 24.3 Å². The standard InChI is InChI=1S/C21H16N2O3/c1-25-21(24)14-7-3-2-6-13(14)19-15-8-4-5-9-17(15)26-18-11-12(22)10-16(23)20(18)19/h2-11,22H,23H2,1H3. The Kier molecular flexibility index (Phi) is 3.69. The summed E-state index contributed by atoms with van der Waals surface area (Å²) in [6.07, 6.45) is 0. The molecule has 3 N–H and O–H groups in total. The molecule has 2 aliphatic rings. The van der Waals surface area contributed by atoms with Crippen LogP contribution in [-0.4, -0.2) is 13.1 Å². The maximum Gasteiger partial charge on any atom is 0.338 e. The maximum atomic E-state index is 12.3. The average molecular weight is 344 g/mol. The van der Waals surface area contributed by atoms with E-state index < -0.39 is 5.97 Å². The van der Waals surface area contributed by atoms with Gasteiger partial charge >= 0.3 is 5.97 Å². The summed E-state index contributed by atoms with van der Waals surface area (Å²) in [6, 6.07) is 18.0. The van der Waals surface area contributed by atoms with Crippen LogP contribution in [0.25, 0.3) is 33.4 Å². The lowest BCUT2D eigenvalue weighted by Gasteiger charge is -2.18. The van der Waals surface area contributed by atoms with Gasteiger partial charge in [-0.05, 0) is 23.8 Å². The van der Waals surface area contributed by atoms with E-state index in [1.165, 1.54) is 7.11 Å². The van der Waals surface area contributed by atoms with Crippen LogP contribution in [0.15, 0.2) is 65.1 Å². The zero-order valence-electron chi connectivity index (χ0n) is 14.1. The molecule has 0 fully saturated rings. The van der Waals surface area contributed by atoms with Gasteiger partial charge in [0.25, 0.3) is 0 Å². The van der Waals surface area contributed by atoms with Crippen molar-refractivity contribution in [3.63, 3.8) is 0 Å². The Labute approximate surface area is 149 Å². The van der Waals surface area contributed by atoms with Gasteiger partial charge in [0.05, 0.1) is 18.0 Å². The molecular formula is C21H16N2O3. The Balaban J connectivity index is 2.22. The van der Waals surface area contributed by atoms with Crippen molar-refractivity contribution in [3.8, 4) is 22.5 Å². The molecule has 0 saturated heterocycles. The maximum absolute atomic E-state index is 12.3. The van der Waals surface area contributed by atoms with Crippen molar-refractivity contribution in [1.82, 2.24) is 0 Å². The minimum Gasteiger partial charge on any atom is -0.465 e. The second-order valence-corrected chi connectivity index (χ2v) is 5.95. The van der Waals surface area contributed by atoms with E-state index in [-0.39, 0.29) is 5.36 Å². The first kappa shape index (κ1) is 15.9. The fourth-order valence-electron chi connectivity index (χ4n) is 3.27. The van der Waals surface area contributed by atoms with Gasteiger partial charge in [0.15, 0.2) is 0 Å². The molecule has 2 aromatic carbocycles. The molecule has 26 heavy (non-hydrogen) atoms. The molecule has 1 heterocycles. The third kappa shape index (κ3) is 2.41. The Hall–Kier alpha value is -3.60. The SMILES string of the molecule is COC(=O)c1ccccc1-c1c2c(N)cc(=N)cc-2oc2ccccc12. The molecule has 0 saturated carbocycles. The van der Waals surface area contributed by atoms with Gasteiger partial charge in [-0.2, -0.15) is 0 Å². The minimum absolute atomic E-state index is 0.265. The summed E-state index contributed by atoms with van der Waals surface area (Å²) in [6.45, 7) is 0. The van der Waals surface area contributed by atoms with Crippen molar-refractivity contribution in [1.29, 1.82) is 5.41 Å². The number of anilines is 1. The highest BCUT2D eigenvalue weighted by Gasteiger charge is 2.23. The zero-order chi connectivity index (χ0) is 18.3. The summed E-state index contributed by atoms with van der Waals surface area (Å²) >= 11 is 0. The van der Waals surface area contributed by atoms with Crippen LogP contribution in [0.5, 0.6) is 0 Å². The number of ether oxygens (including phenoxy) is 1. The molecule has 0 atom stereocenters. The van der Waals surface area contributed by atoms with Gasteiger partial charge in [0, 0.05) is 28.3 Å². The van der Waals surface area contributed by atoms with Crippen molar-refractivity contribution >= 4 is 22.6 Å². The Bertz CT molecular complexity index is 1180. The topological polar surface area (TPSA) is 89.3 Å². The minimum atomic E-state index is -0.422. The molecule has 2 aromatic rings. The molecule has 0 bridgehead atoms. The summed E-state index contributed by atoms with van der Waals surface area (Å²) in [5, 5.41) is 9.03. The van der Waals surface area contributed by atoms with Gasteiger partial charge in [-0.3, -0.25) is 0 Å². The van der Waals surface area contributed by atoms with E-state index in [2.05, 4.69) is 0 Å². The summed E-state index contributed by atoms with van der Waals surface area (Å²) in [4.78, 5) is 12.3. The van der Waals surface area contributed by atoms with E-state index in [9.17, 15) is 4.79 Å². The molecule has 1 aliphatic heterocycles. The predicted octanol–water partition coefficient (Wildman–Crippen LogP) is 4.05. The molecule has 5 nitrogen and oxygen atoms in total. The van der Waals surface area contributed by atoms with Crippen LogP contribution in [0, 0.1) is 5.41 Å². The van der Waals surface area contributed by atoms with Crippen molar-refractivity contribution in [3.05, 3.63) is 71.6 Å². The number of fused-ring (bicyclic) bond motifs is 2. The summed E-state index contributed by atoms with van der Waals surface area (Å²) in [5.74, 6) is 0.0812. The molecular weight excluding hydrogens is 328 g/mol. The van der Waals surface area contributed by atoms with Crippen molar-refractivity contribution in [2.75, 3.05) is 12.8 Å². The fraction of sp³-hybridized carbons (Fsp3) is 0.0476. The summed E-state index contributed by atoms with van der Waals surface area (Å²) in [7, 11) is 1.36.